The van der Waals surface area contributed by atoms with E-state index >= 15 is 0 Å². The average molecular weight is 491 g/mol. The number of nitrogens with zero attached hydrogens (tertiary/aromatic N) is 3. The number of anilines is 2. The molecule has 0 aromatic heterocycles. The van der Waals surface area contributed by atoms with Crippen LogP contribution in [-0.4, -0.2) is 81.9 Å². The highest BCUT2D eigenvalue weighted by Crippen LogP contribution is 2.24. The van der Waals surface area contributed by atoms with Crippen molar-refractivity contribution in [3.05, 3.63) is 53.8 Å². The van der Waals surface area contributed by atoms with Crippen molar-refractivity contribution in [2.45, 2.75) is 11.8 Å². The highest BCUT2D eigenvalue weighted by molar-refractivity contribution is 7.89. The molecule has 2 aromatic rings. The number of morpholine rings is 1. The second-order valence-corrected chi connectivity index (χ2v) is 10.1. The number of rotatable bonds is 5. The summed E-state index contributed by atoms with van der Waals surface area (Å²) in [5, 5.41) is 2.65. The molecular weight excluding hydrogens is 463 g/mol. The fraction of sp³-hybridized carbons (Fsp3) is 0.391. The fourth-order valence-electron chi connectivity index (χ4n) is 4.02. The van der Waals surface area contributed by atoms with E-state index in [4.69, 9.17) is 4.74 Å². The summed E-state index contributed by atoms with van der Waals surface area (Å²) in [5.41, 5.74) is 1.01. The molecule has 0 aliphatic carbocycles. The number of ether oxygens (including phenoxy) is 1. The zero-order valence-electron chi connectivity index (χ0n) is 18.9. The third-order valence-corrected chi connectivity index (χ3v) is 7.91. The number of nitrogens with one attached hydrogen (secondary N) is 1. The molecule has 2 fully saturated rings. The van der Waals surface area contributed by atoms with Crippen molar-refractivity contribution in [3.63, 3.8) is 0 Å². The monoisotopic (exact) mass is 490 g/mol. The number of amides is 2. The van der Waals surface area contributed by atoms with Crippen LogP contribution in [-0.2, 0) is 19.6 Å². The number of hydrogen-bond donors (Lipinski definition) is 1. The lowest BCUT2D eigenvalue weighted by atomic mass is 10.2. The summed E-state index contributed by atoms with van der Waals surface area (Å²) in [4.78, 5) is 27.6. The number of sulfonamides is 1. The molecular formula is C23H27FN4O5S. The quantitative estimate of drug-likeness (QED) is 0.686. The summed E-state index contributed by atoms with van der Waals surface area (Å²) in [5.74, 6) is -0.994. The molecule has 2 heterocycles. The van der Waals surface area contributed by atoms with E-state index in [2.05, 4.69) is 5.32 Å². The Morgan fingerprint density at radius 2 is 1.59 bits per heavy atom. The number of benzene rings is 2. The summed E-state index contributed by atoms with van der Waals surface area (Å²) in [6.45, 7) is 4.87. The molecule has 34 heavy (non-hydrogen) atoms. The van der Waals surface area contributed by atoms with Crippen LogP contribution in [0.15, 0.2) is 47.4 Å². The maximum atomic E-state index is 14.6. The van der Waals surface area contributed by atoms with Gasteiger partial charge < -0.3 is 19.9 Å². The normalized spacial score (nSPS) is 17.5. The van der Waals surface area contributed by atoms with E-state index in [1.165, 1.54) is 41.6 Å². The second-order valence-electron chi connectivity index (χ2n) is 8.15. The molecule has 4 rings (SSSR count). The van der Waals surface area contributed by atoms with Gasteiger partial charge in [-0.15, -0.1) is 0 Å². The summed E-state index contributed by atoms with van der Waals surface area (Å²) in [6, 6.07) is 10.1. The lowest BCUT2D eigenvalue weighted by molar-refractivity contribution is -0.129. The molecule has 0 unspecified atom stereocenters. The van der Waals surface area contributed by atoms with E-state index in [1.807, 2.05) is 4.90 Å². The predicted octanol–water partition coefficient (Wildman–Crippen LogP) is 1.77. The van der Waals surface area contributed by atoms with Crippen molar-refractivity contribution >= 4 is 33.2 Å². The molecule has 2 aliphatic heterocycles. The second kappa shape index (κ2) is 10.1. The van der Waals surface area contributed by atoms with Crippen LogP contribution in [0, 0.1) is 5.82 Å². The first kappa shape index (κ1) is 24.1. The molecule has 182 valence electrons. The Morgan fingerprint density at radius 1 is 0.941 bits per heavy atom. The first-order valence-corrected chi connectivity index (χ1v) is 12.5. The molecule has 1 N–H and O–H groups in total. The molecule has 2 amide bonds. The number of piperazine rings is 1. The molecule has 0 saturated carbocycles. The average Bonchev–Trinajstić information content (AvgIpc) is 2.85. The lowest BCUT2D eigenvalue weighted by Crippen LogP contribution is -2.49. The van der Waals surface area contributed by atoms with Gasteiger partial charge in [0.15, 0.2) is 0 Å². The van der Waals surface area contributed by atoms with Crippen LogP contribution in [0.1, 0.15) is 17.3 Å². The van der Waals surface area contributed by atoms with Crippen LogP contribution in [0.25, 0.3) is 0 Å². The van der Waals surface area contributed by atoms with Gasteiger partial charge >= 0.3 is 0 Å². The molecule has 2 aromatic carbocycles. The van der Waals surface area contributed by atoms with Gasteiger partial charge in [-0.3, -0.25) is 9.59 Å². The van der Waals surface area contributed by atoms with Crippen molar-refractivity contribution in [2.75, 3.05) is 62.7 Å². The molecule has 2 aliphatic rings. The standard InChI is InChI=1S/C23H27FN4O5S/c1-17(29)26-8-10-28(11-9-26)34(31,32)20-5-2-18(3-6-20)23(30)25-19-4-7-22(21(24)16-19)27-12-14-33-15-13-27/h2-7,16H,8-15H2,1H3,(H,25,30). The topological polar surface area (TPSA) is 99.3 Å². The molecule has 0 atom stereocenters. The van der Waals surface area contributed by atoms with Gasteiger partial charge in [0, 0.05) is 57.4 Å². The third-order valence-electron chi connectivity index (χ3n) is 6.00. The Morgan fingerprint density at radius 3 is 2.18 bits per heavy atom. The van der Waals surface area contributed by atoms with E-state index in [0.29, 0.717) is 50.8 Å². The van der Waals surface area contributed by atoms with Crippen LogP contribution < -0.4 is 10.2 Å². The fourth-order valence-corrected chi connectivity index (χ4v) is 5.44. The zero-order valence-corrected chi connectivity index (χ0v) is 19.7. The Labute approximate surface area is 198 Å². The Bertz CT molecular complexity index is 1160. The van der Waals surface area contributed by atoms with Crippen LogP contribution in [0.4, 0.5) is 15.8 Å². The third kappa shape index (κ3) is 5.21. The summed E-state index contributed by atoms with van der Waals surface area (Å²) < 4.78 is 47.0. The maximum absolute atomic E-state index is 14.6. The van der Waals surface area contributed by atoms with Gasteiger partial charge in [0.1, 0.15) is 5.82 Å². The van der Waals surface area contributed by atoms with Gasteiger partial charge in [-0.05, 0) is 42.5 Å². The maximum Gasteiger partial charge on any atom is 0.255 e. The van der Waals surface area contributed by atoms with Crippen LogP contribution in [0.3, 0.4) is 0 Å². The number of hydrogen-bond acceptors (Lipinski definition) is 6. The van der Waals surface area contributed by atoms with Gasteiger partial charge in [0.25, 0.3) is 5.91 Å². The van der Waals surface area contributed by atoms with Crippen LogP contribution in [0.2, 0.25) is 0 Å². The van der Waals surface area contributed by atoms with E-state index in [1.54, 1.807) is 17.0 Å². The largest absolute Gasteiger partial charge is 0.378 e. The zero-order chi connectivity index (χ0) is 24.3. The first-order chi connectivity index (χ1) is 16.3. The van der Waals surface area contributed by atoms with E-state index < -0.39 is 21.7 Å². The van der Waals surface area contributed by atoms with Crippen molar-refractivity contribution in [2.24, 2.45) is 0 Å². The molecule has 0 bridgehead atoms. The molecule has 11 heteroatoms. The number of carbonyl (C=O) groups excluding carboxylic acids is 2. The summed E-state index contributed by atoms with van der Waals surface area (Å²) in [7, 11) is -3.73. The van der Waals surface area contributed by atoms with E-state index in [9.17, 15) is 22.4 Å². The van der Waals surface area contributed by atoms with E-state index in [-0.39, 0.29) is 29.5 Å². The minimum Gasteiger partial charge on any atom is -0.378 e. The summed E-state index contributed by atoms with van der Waals surface area (Å²) in [6.07, 6.45) is 0. The Kier molecular flexibility index (Phi) is 7.15. The van der Waals surface area contributed by atoms with Crippen molar-refractivity contribution < 1.29 is 27.1 Å². The van der Waals surface area contributed by atoms with Gasteiger partial charge in [-0.2, -0.15) is 4.31 Å². The highest BCUT2D eigenvalue weighted by atomic mass is 32.2. The van der Waals surface area contributed by atoms with Gasteiger partial charge in [0.05, 0.1) is 23.8 Å². The van der Waals surface area contributed by atoms with E-state index in [0.717, 1.165) is 0 Å². The van der Waals surface area contributed by atoms with Gasteiger partial charge in [-0.1, -0.05) is 0 Å². The minimum atomic E-state index is -3.73. The number of halogens is 1. The van der Waals surface area contributed by atoms with Crippen LogP contribution in [0.5, 0.6) is 0 Å². The lowest BCUT2D eigenvalue weighted by Gasteiger charge is -2.33. The Balaban J connectivity index is 1.40. The van der Waals surface area contributed by atoms with Crippen molar-refractivity contribution in [1.82, 2.24) is 9.21 Å². The van der Waals surface area contributed by atoms with Crippen LogP contribution >= 0.6 is 0 Å². The number of carbonyl (C=O) groups is 2. The smallest absolute Gasteiger partial charge is 0.255 e. The molecule has 2 saturated heterocycles. The first-order valence-electron chi connectivity index (χ1n) is 11.0. The SMILES string of the molecule is CC(=O)N1CCN(S(=O)(=O)c2ccc(C(=O)Nc3ccc(N4CCOCC4)c(F)c3)cc2)CC1. The highest BCUT2D eigenvalue weighted by Gasteiger charge is 2.29. The van der Waals surface area contributed by atoms with Crippen molar-refractivity contribution in [1.29, 1.82) is 0 Å². The minimum absolute atomic E-state index is 0.0706. The molecule has 0 spiro atoms. The van der Waals surface area contributed by atoms with Gasteiger partial charge in [-0.25, -0.2) is 12.8 Å². The predicted molar refractivity (Wildman–Crippen MR) is 125 cm³/mol. The molecule has 0 radical (unpaired) electrons. The Hall–Kier alpha value is -3.02. The van der Waals surface area contributed by atoms with Gasteiger partial charge in [0.2, 0.25) is 15.9 Å². The summed E-state index contributed by atoms with van der Waals surface area (Å²) >= 11 is 0. The van der Waals surface area contributed by atoms with Crippen molar-refractivity contribution in [3.8, 4) is 0 Å². The molecule has 9 nitrogen and oxygen atoms in total.